The summed E-state index contributed by atoms with van der Waals surface area (Å²) in [7, 11) is 1.70. The molecule has 0 saturated carbocycles. The number of nitrogens with one attached hydrogen (secondary N) is 1. The standard InChI is InChI=1S/C9H21NO2/c1-8(4-5-11)6-10-9(2)7-12-3/h8-11H,4-7H2,1-3H3. The zero-order valence-electron chi connectivity index (χ0n) is 8.34. The summed E-state index contributed by atoms with van der Waals surface area (Å²) in [5, 5.41) is 12.0. The Morgan fingerprint density at radius 2 is 2.08 bits per heavy atom. The second-order valence-corrected chi connectivity index (χ2v) is 3.38. The fourth-order valence-corrected chi connectivity index (χ4v) is 1.03. The van der Waals surface area contributed by atoms with E-state index in [2.05, 4.69) is 19.2 Å². The normalized spacial score (nSPS) is 16.0. The van der Waals surface area contributed by atoms with E-state index in [4.69, 9.17) is 9.84 Å². The van der Waals surface area contributed by atoms with Crippen LogP contribution in [0.2, 0.25) is 0 Å². The van der Waals surface area contributed by atoms with Crippen LogP contribution >= 0.6 is 0 Å². The molecule has 0 heterocycles. The van der Waals surface area contributed by atoms with Crippen LogP contribution in [0, 0.1) is 5.92 Å². The Labute approximate surface area is 75.1 Å². The van der Waals surface area contributed by atoms with E-state index >= 15 is 0 Å². The smallest absolute Gasteiger partial charge is 0.0613 e. The van der Waals surface area contributed by atoms with Gasteiger partial charge in [0, 0.05) is 19.8 Å². The van der Waals surface area contributed by atoms with Gasteiger partial charge in [-0.05, 0) is 25.8 Å². The molecule has 0 aliphatic heterocycles. The number of aliphatic hydroxyl groups is 1. The second kappa shape index (κ2) is 7.53. The molecular formula is C9H21NO2. The van der Waals surface area contributed by atoms with Gasteiger partial charge < -0.3 is 15.2 Å². The average molecular weight is 175 g/mol. The van der Waals surface area contributed by atoms with E-state index in [9.17, 15) is 0 Å². The molecule has 0 aromatic heterocycles. The zero-order valence-corrected chi connectivity index (χ0v) is 8.34. The minimum Gasteiger partial charge on any atom is -0.396 e. The molecule has 12 heavy (non-hydrogen) atoms. The van der Waals surface area contributed by atoms with E-state index in [-0.39, 0.29) is 6.61 Å². The van der Waals surface area contributed by atoms with E-state index in [1.807, 2.05) is 0 Å². The predicted molar refractivity (Wildman–Crippen MR) is 50.2 cm³/mol. The van der Waals surface area contributed by atoms with Crippen molar-refractivity contribution in [1.82, 2.24) is 5.32 Å². The van der Waals surface area contributed by atoms with E-state index in [1.165, 1.54) is 0 Å². The van der Waals surface area contributed by atoms with Gasteiger partial charge in [0.05, 0.1) is 6.61 Å². The third-order valence-corrected chi connectivity index (χ3v) is 1.85. The predicted octanol–water partition coefficient (Wildman–Crippen LogP) is 0.629. The highest BCUT2D eigenvalue weighted by Crippen LogP contribution is 1.98. The Morgan fingerprint density at radius 3 is 2.58 bits per heavy atom. The van der Waals surface area contributed by atoms with Crippen molar-refractivity contribution < 1.29 is 9.84 Å². The van der Waals surface area contributed by atoms with Crippen molar-refractivity contribution in [2.24, 2.45) is 5.92 Å². The highest BCUT2D eigenvalue weighted by atomic mass is 16.5. The first-order valence-corrected chi connectivity index (χ1v) is 4.53. The first kappa shape index (κ1) is 11.9. The summed E-state index contributed by atoms with van der Waals surface area (Å²) in [6.07, 6.45) is 0.868. The van der Waals surface area contributed by atoms with Gasteiger partial charge in [0.15, 0.2) is 0 Å². The van der Waals surface area contributed by atoms with Crippen LogP contribution in [0.15, 0.2) is 0 Å². The summed E-state index contributed by atoms with van der Waals surface area (Å²) >= 11 is 0. The number of hydrogen-bond donors (Lipinski definition) is 2. The monoisotopic (exact) mass is 175 g/mol. The number of methoxy groups -OCH3 is 1. The van der Waals surface area contributed by atoms with Gasteiger partial charge in [-0.2, -0.15) is 0 Å². The Balaban J connectivity index is 3.27. The molecule has 0 spiro atoms. The highest BCUT2D eigenvalue weighted by molar-refractivity contribution is 4.62. The molecule has 2 unspecified atom stereocenters. The molecule has 0 saturated heterocycles. The van der Waals surface area contributed by atoms with Crippen LogP contribution in [0.25, 0.3) is 0 Å². The van der Waals surface area contributed by atoms with Gasteiger partial charge in [-0.1, -0.05) is 6.92 Å². The maximum Gasteiger partial charge on any atom is 0.0613 e. The van der Waals surface area contributed by atoms with Gasteiger partial charge in [0.25, 0.3) is 0 Å². The summed E-state index contributed by atoms with van der Waals surface area (Å²) < 4.78 is 4.98. The second-order valence-electron chi connectivity index (χ2n) is 3.38. The average Bonchev–Trinajstić information content (AvgIpc) is 2.02. The lowest BCUT2D eigenvalue weighted by molar-refractivity contribution is 0.168. The van der Waals surface area contributed by atoms with E-state index in [0.717, 1.165) is 19.6 Å². The Morgan fingerprint density at radius 1 is 1.42 bits per heavy atom. The van der Waals surface area contributed by atoms with Gasteiger partial charge in [-0.15, -0.1) is 0 Å². The van der Waals surface area contributed by atoms with Gasteiger partial charge in [0.2, 0.25) is 0 Å². The molecule has 0 aromatic carbocycles. The minimum absolute atomic E-state index is 0.279. The fraction of sp³-hybridized carbons (Fsp3) is 1.00. The molecule has 0 aromatic rings. The number of rotatable bonds is 7. The first-order valence-electron chi connectivity index (χ1n) is 4.53. The molecule has 74 valence electrons. The topological polar surface area (TPSA) is 41.5 Å². The number of ether oxygens (including phenoxy) is 1. The molecular weight excluding hydrogens is 154 g/mol. The quantitative estimate of drug-likeness (QED) is 0.596. The minimum atomic E-state index is 0.279. The molecule has 0 bridgehead atoms. The summed E-state index contributed by atoms with van der Waals surface area (Å²) in [4.78, 5) is 0. The van der Waals surface area contributed by atoms with Crippen molar-refractivity contribution in [2.45, 2.75) is 26.3 Å². The van der Waals surface area contributed by atoms with Crippen LogP contribution in [-0.4, -0.2) is 38.0 Å². The molecule has 0 aliphatic carbocycles. The largest absolute Gasteiger partial charge is 0.396 e. The van der Waals surface area contributed by atoms with Crippen LogP contribution in [0.5, 0.6) is 0 Å². The van der Waals surface area contributed by atoms with Crippen molar-refractivity contribution in [3.05, 3.63) is 0 Å². The number of aliphatic hydroxyl groups excluding tert-OH is 1. The summed E-state index contributed by atoms with van der Waals surface area (Å²) in [6.45, 7) is 6.19. The maximum absolute atomic E-state index is 8.65. The summed E-state index contributed by atoms with van der Waals surface area (Å²) in [6, 6.07) is 0.399. The third-order valence-electron chi connectivity index (χ3n) is 1.85. The lowest BCUT2D eigenvalue weighted by atomic mass is 10.1. The molecule has 2 N–H and O–H groups in total. The van der Waals surface area contributed by atoms with E-state index in [1.54, 1.807) is 7.11 Å². The molecule has 0 aliphatic rings. The molecule has 3 heteroatoms. The molecule has 0 fully saturated rings. The lowest BCUT2D eigenvalue weighted by Gasteiger charge is -2.16. The Hall–Kier alpha value is -0.120. The van der Waals surface area contributed by atoms with Crippen LogP contribution in [-0.2, 0) is 4.74 Å². The van der Waals surface area contributed by atoms with E-state index in [0.29, 0.717) is 12.0 Å². The fourth-order valence-electron chi connectivity index (χ4n) is 1.03. The highest BCUT2D eigenvalue weighted by Gasteiger charge is 2.03. The van der Waals surface area contributed by atoms with Gasteiger partial charge in [0.1, 0.15) is 0 Å². The van der Waals surface area contributed by atoms with Crippen LogP contribution in [0.1, 0.15) is 20.3 Å². The first-order chi connectivity index (χ1) is 5.70. The Bertz CT molecular complexity index is 86.5. The van der Waals surface area contributed by atoms with Gasteiger partial charge >= 0.3 is 0 Å². The van der Waals surface area contributed by atoms with Crippen molar-refractivity contribution in [3.8, 4) is 0 Å². The van der Waals surface area contributed by atoms with Crippen LogP contribution < -0.4 is 5.32 Å². The Kier molecular flexibility index (Phi) is 7.45. The molecule has 0 amide bonds. The van der Waals surface area contributed by atoms with Crippen LogP contribution in [0.3, 0.4) is 0 Å². The van der Waals surface area contributed by atoms with Crippen molar-refractivity contribution >= 4 is 0 Å². The molecule has 0 rings (SSSR count). The molecule has 3 nitrogen and oxygen atoms in total. The maximum atomic E-state index is 8.65. The van der Waals surface area contributed by atoms with Gasteiger partial charge in [-0.3, -0.25) is 0 Å². The number of hydrogen-bond acceptors (Lipinski definition) is 3. The molecule has 0 radical (unpaired) electrons. The SMILES string of the molecule is COCC(C)NCC(C)CCO. The molecule has 2 atom stereocenters. The zero-order chi connectivity index (χ0) is 9.40. The summed E-state index contributed by atoms with van der Waals surface area (Å²) in [5.74, 6) is 0.536. The van der Waals surface area contributed by atoms with Crippen molar-refractivity contribution in [1.29, 1.82) is 0 Å². The van der Waals surface area contributed by atoms with Gasteiger partial charge in [-0.25, -0.2) is 0 Å². The lowest BCUT2D eigenvalue weighted by Crippen LogP contribution is -2.33. The van der Waals surface area contributed by atoms with E-state index < -0.39 is 0 Å². The summed E-state index contributed by atoms with van der Waals surface area (Å²) in [5.41, 5.74) is 0. The third kappa shape index (κ3) is 6.58. The van der Waals surface area contributed by atoms with Crippen molar-refractivity contribution in [2.75, 3.05) is 26.9 Å². The van der Waals surface area contributed by atoms with Crippen molar-refractivity contribution in [3.63, 3.8) is 0 Å². The van der Waals surface area contributed by atoms with Crippen LogP contribution in [0.4, 0.5) is 0 Å².